The van der Waals surface area contributed by atoms with Crippen LogP contribution in [0.5, 0.6) is 0 Å². The molecular formula is C14H26N2O4. The highest BCUT2D eigenvalue weighted by atomic mass is 16.5. The van der Waals surface area contributed by atoms with Crippen molar-refractivity contribution < 1.29 is 19.4 Å². The van der Waals surface area contributed by atoms with E-state index in [4.69, 9.17) is 4.74 Å². The molecule has 0 aliphatic carbocycles. The fraction of sp³-hybridized carbons (Fsp3) is 0.857. The van der Waals surface area contributed by atoms with Gasteiger partial charge in [-0.25, -0.2) is 9.59 Å². The summed E-state index contributed by atoms with van der Waals surface area (Å²) >= 11 is 0. The van der Waals surface area contributed by atoms with Crippen LogP contribution in [0.15, 0.2) is 0 Å². The Morgan fingerprint density at radius 2 is 2.10 bits per heavy atom. The second-order valence-corrected chi connectivity index (χ2v) is 6.09. The molecule has 20 heavy (non-hydrogen) atoms. The fourth-order valence-electron chi connectivity index (χ4n) is 2.64. The van der Waals surface area contributed by atoms with E-state index in [9.17, 15) is 14.7 Å². The topological polar surface area (TPSA) is 78.9 Å². The van der Waals surface area contributed by atoms with E-state index < -0.39 is 17.6 Å². The molecule has 6 nitrogen and oxygen atoms in total. The number of carboxylic acid groups (broad SMARTS) is 1. The smallest absolute Gasteiger partial charge is 0.326 e. The summed E-state index contributed by atoms with van der Waals surface area (Å²) in [5.41, 5.74) is -0.517. The number of carbonyl (C=O) groups excluding carboxylic acids is 1. The first kappa shape index (κ1) is 16.8. The van der Waals surface area contributed by atoms with Crippen LogP contribution in [0.2, 0.25) is 0 Å². The molecule has 2 N–H and O–H groups in total. The number of methoxy groups -OCH3 is 1. The molecule has 0 radical (unpaired) electrons. The van der Waals surface area contributed by atoms with Gasteiger partial charge in [-0.05, 0) is 32.6 Å². The summed E-state index contributed by atoms with van der Waals surface area (Å²) in [5, 5.41) is 12.2. The van der Waals surface area contributed by atoms with Crippen molar-refractivity contribution in [3.63, 3.8) is 0 Å². The minimum atomic E-state index is -0.928. The molecule has 2 atom stereocenters. The lowest BCUT2D eigenvalue weighted by molar-refractivity contribution is -0.144. The molecule has 0 saturated carbocycles. The second-order valence-electron chi connectivity index (χ2n) is 6.09. The van der Waals surface area contributed by atoms with E-state index in [2.05, 4.69) is 12.2 Å². The third-order valence-corrected chi connectivity index (χ3v) is 3.78. The number of carboxylic acids is 1. The van der Waals surface area contributed by atoms with Crippen molar-refractivity contribution in [3.05, 3.63) is 0 Å². The first-order valence-electron chi connectivity index (χ1n) is 7.11. The maximum atomic E-state index is 12.3. The number of nitrogens with one attached hydrogen (secondary N) is 1. The van der Waals surface area contributed by atoms with Gasteiger partial charge in [0.1, 0.15) is 6.04 Å². The van der Waals surface area contributed by atoms with Crippen LogP contribution >= 0.6 is 0 Å². The van der Waals surface area contributed by atoms with Gasteiger partial charge in [-0.15, -0.1) is 0 Å². The van der Waals surface area contributed by atoms with E-state index in [1.165, 1.54) is 4.90 Å². The standard InChI is InChI=1S/C14H26N2O4/c1-5-10-6-7-16(11(8-10)12(17)18)13(19)15-14(2,3)9-20-4/h10-11H,5-9H2,1-4H3,(H,15,19)(H,17,18). The molecule has 2 unspecified atom stereocenters. The number of amides is 2. The Balaban J connectivity index is 2.72. The Morgan fingerprint density at radius 3 is 2.60 bits per heavy atom. The average Bonchev–Trinajstić information content (AvgIpc) is 2.37. The summed E-state index contributed by atoms with van der Waals surface area (Å²) < 4.78 is 5.05. The highest BCUT2D eigenvalue weighted by Crippen LogP contribution is 2.26. The molecule has 116 valence electrons. The van der Waals surface area contributed by atoms with E-state index in [0.717, 1.165) is 12.8 Å². The van der Waals surface area contributed by atoms with E-state index in [1.807, 2.05) is 13.8 Å². The van der Waals surface area contributed by atoms with Gasteiger partial charge in [-0.1, -0.05) is 13.3 Å². The minimum absolute atomic E-state index is 0.325. The molecule has 1 aliphatic heterocycles. The zero-order valence-electron chi connectivity index (χ0n) is 12.8. The number of carbonyl (C=O) groups is 2. The van der Waals surface area contributed by atoms with Crippen molar-refractivity contribution >= 4 is 12.0 Å². The Labute approximate surface area is 120 Å². The quantitative estimate of drug-likeness (QED) is 0.806. The van der Waals surface area contributed by atoms with Crippen molar-refractivity contribution in [2.75, 3.05) is 20.3 Å². The van der Waals surface area contributed by atoms with Gasteiger partial charge in [0.15, 0.2) is 0 Å². The van der Waals surface area contributed by atoms with Crippen LogP contribution in [0.4, 0.5) is 4.79 Å². The molecule has 1 aliphatic rings. The van der Waals surface area contributed by atoms with Crippen LogP contribution in [0.1, 0.15) is 40.0 Å². The molecule has 1 saturated heterocycles. The van der Waals surface area contributed by atoms with Crippen LogP contribution in [-0.4, -0.2) is 53.8 Å². The zero-order valence-corrected chi connectivity index (χ0v) is 12.8. The van der Waals surface area contributed by atoms with Gasteiger partial charge in [0.25, 0.3) is 0 Å². The lowest BCUT2D eigenvalue weighted by atomic mass is 9.89. The normalized spacial score (nSPS) is 23.5. The Morgan fingerprint density at radius 1 is 1.45 bits per heavy atom. The number of rotatable bonds is 5. The Hall–Kier alpha value is -1.30. The van der Waals surface area contributed by atoms with Crippen molar-refractivity contribution in [2.24, 2.45) is 5.92 Å². The van der Waals surface area contributed by atoms with Crippen LogP contribution in [0, 0.1) is 5.92 Å². The SMILES string of the molecule is CCC1CCN(C(=O)NC(C)(C)COC)C(C(=O)O)C1. The Bertz CT molecular complexity index is 357. The van der Waals surface area contributed by atoms with Gasteiger partial charge in [-0.3, -0.25) is 0 Å². The van der Waals surface area contributed by atoms with Crippen molar-refractivity contribution in [1.82, 2.24) is 10.2 Å². The van der Waals surface area contributed by atoms with Gasteiger partial charge in [-0.2, -0.15) is 0 Å². The van der Waals surface area contributed by atoms with Crippen LogP contribution in [0.3, 0.4) is 0 Å². The summed E-state index contributed by atoms with van der Waals surface area (Å²) in [4.78, 5) is 25.1. The van der Waals surface area contributed by atoms with Crippen LogP contribution in [-0.2, 0) is 9.53 Å². The highest BCUT2D eigenvalue weighted by Gasteiger charge is 2.37. The number of hydrogen-bond acceptors (Lipinski definition) is 3. The number of aliphatic carboxylic acids is 1. The highest BCUT2D eigenvalue weighted by molar-refractivity contribution is 5.83. The maximum Gasteiger partial charge on any atom is 0.326 e. The molecule has 0 bridgehead atoms. The van der Waals surface area contributed by atoms with E-state index in [-0.39, 0.29) is 6.03 Å². The molecule has 1 heterocycles. The van der Waals surface area contributed by atoms with Crippen molar-refractivity contribution in [1.29, 1.82) is 0 Å². The van der Waals surface area contributed by atoms with Crippen molar-refractivity contribution in [3.8, 4) is 0 Å². The average molecular weight is 286 g/mol. The summed E-state index contributed by atoms with van der Waals surface area (Å²) in [6.45, 7) is 6.62. The van der Waals surface area contributed by atoms with Crippen LogP contribution < -0.4 is 5.32 Å². The number of nitrogens with zero attached hydrogens (tertiary/aromatic N) is 1. The largest absolute Gasteiger partial charge is 0.480 e. The molecule has 0 aromatic heterocycles. The van der Waals surface area contributed by atoms with Gasteiger partial charge in [0.05, 0.1) is 12.1 Å². The molecule has 0 aromatic rings. The molecule has 0 spiro atoms. The summed E-state index contributed by atoms with van der Waals surface area (Å²) in [7, 11) is 1.57. The minimum Gasteiger partial charge on any atom is -0.480 e. The number of likely N-dealkylation sites (tertiary alicyclic amines) is 1. The predicted octanol–water partition coefficient (Wildman–Crippen LogP) is 1.70. The lowest BCUT2D eigenvalue weighted by Crippen LogP contribution is -2.58. The number of piperidine rings is 1. The van der Waals surface area contributed by atoms with Gasteiger partial charge in [0, 0.05) is 13.7 Å². The third kappa shape index (κ3) is 4.37. The second kappa shape index (κ2) is 6.92. The summed E-state index contributed by atoms with van der Waals surface area (Å²) in [5.74, 6) is -0.546. The van der Waals surface area contributed by atoms with E-state index in [0.29, 0.717) is 25.5 Å². The number of ether oxygens (including phenoxy) is 1. The molecule has 1 rings (SSSR count). The third-order valence-electron chi connectivity index (χ3n) is 3.78. The fourth-order valence-corrected chi connectivity index (χ4v) is 2.64. The van der Waals surface area contributed by atoms with Gasteiger partial charge >= 0.3 is 12.0 Å². The first-order valence-corrected chi connectivity index (χ1v) is 7.11. The monoisotopic (exact) mass is 286 g/mol. The predicted molar refractivity (Wildman–Crippen MR) is 75.6 cm³/mol. The number of urea groups is 1. The number of hydrogen-bond donors (Lipinski definition) is 2. The molecule has 0 aromatic carbocycles. The summed E-state index contributed by atoms with van der Waals surface area (Å²) in [6.07, 6.45) is 2.34. The van der Waals surface area contributed by atoms with Crippen LogP contribution in [0.25, 0.3) is 0 Å². The molecular weight excluding hydrogens is 260 g/mol. The molecule has 2 amide bonds. The summed E-state index contributed by atoms with van der Waals surface area (Å²) in [6, 6.07) is -1.05. The van der Waals surface area contributed by atoms with Gasteiger partial charge < -0.3 is 20.1 Å². The zero-order chi connectivity index (χ0) is 15.3. The van der Waals surface area contributed by atoms with Crippen molar-refractivity contribution in [2.45, 2.75) is 51.6 Å². The Kier molecular flexibility index (Phi) is 5.80. The molecule has 1 fully saturated rings. The van der Waals surface area contributed by atoms with E-state index in [1.54, 1.807) is 7.11 Å². The first-order chi connectivity index (χ1) is 9.30. The molecule has 6 heteroatoms. The van der Waals surface area contributed by atoms with Gasteiger partial charge in [0.2, 0.25) is 0 Å². The van der Waals surface area contributed by atoms with E-state index >= 15 is 0 Å². The maximum absolute atomic E-state index is 12.3. The lowest BCUT2D eigenvalue weighted by Gasteiger charge is -2.38.